The van der Waals surface area contributed by atoms with E-state index in [-0.39, 0.29) is 5.56 Å². The van der Waals surface area contributed by atoms with E-state index in [2.05, 4.69) is 0 Å². The van der Waals surface area contributed by atoms with Crippen LogP contribution < -0.4 is 0 Å². The Hall–Kier alpha value is -1.38. The predicted octanol–water partition coefficient (Wildman–Crippen LogP) is 2.86. The van der Waals surface area contributed by atoms with Gasteiger partial charge in [0.2, 0.25) is 0 Å². The fourth-order valence-corrected chi connectivity index (χ4v) is 0.803. The van der Waals surface area contributed by atoms with E-state index in [0.717, 1.165) is 11.6 Å². The van der Waals surface area contributed by atoms with Gasteiger partial charge < -0.3 is 5.11 Å². The molecule has 0 radical (unpaired) electrons. The lowest BCUT2D eigenvalue weighted by Gasteiger charge is -1.97. The highest BCUT2D eigenvalue weighted by Crippen LogP contribution is 2.09. The van der Waals surface area contributed by atoms with Gasteiger partial charge in [0.1, 0.15) is 5.82 Å². The maximum absolute atomic E-state index is 12.6. The number of aryl methyl sites for hydroxylation is 1. The van der Waals surface area contributed by atoms with Crippen LogP contribution in [0.3, 0.4) is 0 Å². The fraction of sp³-hybridized carbons (Fsp3) is 0.300. The minimum atomic E-state index is -1.23. The summed E-state index contributed by atoms with van der Waals surface area (Å²) in [7, 11) is 0. The molecule has 0 atom stereocenters. The summed E-state index contributed by atoms with van der Waals surface area (Å²) in [6.07, 6.45) is 0. The Balaban J connectivity index is 0.000000671. The molecule has 2 nitrogen and oxygen atoms in total. The largest absolute Gasteiger partial charge is 0.478 e. The van der Waals surface area contributed by atoms with Gasteiger partial charge in [-0.2, -0.15) is 0 Å². The molecule has 0 aliphatic heterocycles. The number of benzene rings is 1. The van der Waals surface area contributed by atoms with Crippen molar-refractivity contribution < 1.29 is 14.3 Å². The minimum absolute atomic E-state index is 0.273. The van der Waals surface area contributed by atoms with Gasteiger partial charge in [-0.3, -0.25) is 0 Å². The lowest BCUT2D eigenvalue weighted by Crippen LogP contribution is -2.00. The van der Waals surface area contributed by atoms with Crippen LogP contribution in [0.5, 0.6) is 0 Å². The van der Waals surface area contributed by atoms with Crippen molar-refractivity contribution in [2.24, 2.45) is 0 Å². The average Bonchev–Trinajstić information content (AvgIpc) is 2.12. The molecule has 1 aromatic rings. The number of halogens is 1. The molecular formula is C10H13FO2. The van der Waals surface area contributed by atoms with E-state index in [1.807, 2.05) is 13.8 Å². The molecule has 72 valence electrons. The molecule has 0 aromatic heterocycles. The highest BCUT2D eigenvalue weighted by atomic mass is 19.1. The van der Waals surface area contributed by atoms with Crippen molar-refractivity contribution in [1.29, 1.82) is 0 Å². The van der Waals surface area contributed by atoms with Crippen LogP contribution >= 0.6 is 0 Å². The quantitative estimate of drug-likeness (QED) is 0.728. The number of carbonyl (C=O) groups is 1. The lowest BCUT2D eigenvalue weighted by atomic mass is 10.1. The molecule has 0 saturated heterocycles. The Morgan fingerprint density at radius 3 is 2.31 bits per heavy atom. The van der Waals surface area contributed by atoms with Gasteiger partial charge in [0.25, 0.3) is 0 Å². The molecule has 0 heterocycles. The smallest absolute Gasteiger partial charge is 0.338 e. The van der Waals surface area contributed by atoms with Gasteiger partial charge in [0, 0.05) is 0 Å². The second-order valence-electron chi connectivity index (χ2n) is 2.29. The summed E-state index contributed by atoms with van der Waals surface area (Å²) in [6, 6.07) is 3.98. The Morgan fingerprint density at radius 2 is 1.92 bits per heavy atom. The molecule has 1 rings (SSSR count). The summed E-state index contributed by atoms with van der Waals surface area (Å²) in [5, 5.41) is 8.45. The summed E-state index contributed by atoms with van der Waals surface area (Å²) in [5.41, 5.74) is 0.466. The van der Waals surface area contributed by atoms with E-state index in [1.165, 1.54) is 12.1 Å². The Labute approximate surface area is 77.0 Å². The van der Waals surface area contributed by atoms with Crippen molar-refractivity contribution in [3.8, 4) is 0 Å². The summed E-state index contributed by atoms with van der Waals surface area (Å²) in [6.45, 7) is 5.71. The van der Waals surface area contributed by atoms with Crippen molar-refractivity contribution >= 4 is 5.97 Å². The zero-order valence-corrected chi connectivity index (χ0v) is 7.97. The second-order valence-corrected chi connectivity index (χ2v) is 2.29. The van der Waals surface area contributed by atoms with Gasteiger partial charge in [-0.15, -0.1) is 0 Å². The first-order chi connectivity index (χ1) is 6.11. The lowest BCUT2D eigenvalue weighted by molar-refractivity contribution is 0.0692. The SMILES string of the molecule is CC.Cc1ccc(F)c(C(=O)O)c1. The summed E-state index contributed by atoms with van der Waals surface area (Å²) in [5.74, 6) is -1.92. The van der Waals surface area contributed by atoms with Crippen molar-refractivity contribution in [3.05, 3.63) is 35.1 Å². The normalized spacial score (nSPS) is 8.62. The molecule has 0 spiro atoms. The fourth-order valence-electron chi connectivity index (χ4n) is 0.803. The first-order valence-corrected chi connectivity index (χ1v) is 4.10. The van der Waals surface area contributed by atoms with E-state index in [4.69, 9.17) is 5.11 Å². The molecule has 0 amide bonds. The van der Waals surface area contributed by atoms with Crippen LogP contribution in [0.25, 0.3) is 0 Å². The van der Waals surface area contributed by atoms with Crippen LogP contribution in [0.4, 0.5) is 4.39 Å². The van der Waals surface area contributed by atoms with E-state index < -0.39 is 11.8 Å². The summed E-state index contributed by atoms with van der Waals surface area (Å²) >= 11 is 0. The van der Waals surface area contributed by atoms with Crippen LogP contribution in [-0.2, 0) is 0 Å². The van der Waals surface area contributed by atoms with Crippen LogP contribution in [0.15, 0.2) is 18.2 Å². The van der Waals surface area contributed by atoms with Crippen LogP contribution in [0.1, 0.15) is 29.8 Å². The monoisotopic (exact) mass is 184 g/mol. The van der Waals surface area contributed by atoms with Crippen molar-refractivity contribution in [1.82, 2.24) is 0 Å². The molecular weight excluding hydrogens is 171 g/mol. The molecule has 13 heavy (non-hydrogen) atoms. The van der Waals surface area contributed by atoms with E-state index in [1.54, 1.807) is 6.92 Å². The maximum Gasteiger partial charge on any atom is 0.338 e. The Morgan fingerprint density at radius 1 is 1.38 bits per heavy atom. The first kappa shape index (κ1) is 11.6. The zero-order valence-electron chi connectivity index (χ0n) is 7.97. The molecule has 3 heteroatoms. The number of carboxylic acid groups (broad SMARTS) is 1. The third-order valence-corrected chi connectivity index (χ3v) is 1.35. The molecule has 0 aliphatic carbocycles. The minimum Gasteiger partial charge on any atom is -0.478 e. The van der Waals surface area contributed by atoms with Crippen molar-refractivity contribution in [2.45, 2.75) is 20.8 Å². The number of rotatable bonds is 1. The molecule has 0 unspecified atom stereocenters. The molecule has 0 saturated carbocycles. The first-order valence-electron chi connectivity index (χ1n) is 4.10. The molecule has 0 aliphatic rings. The third-order valence-electron chi connectivity index (χ3n) is 1.35. The maximum atomic E-state index is 12.6. The van der Waals surface area contributed by atoms with Gasteiger partial charge >= 0.3 is 5.97 Å². The number of aromatic carboxylic acids is 1. The standard InChI is InChI=1S/C8H7FO2.C2H6/c1-5-2-3-7(9)6(4-5)8(10)11;1-2/h2-4H,1H3,(H,10,11);1-2H3. The zero-order chi connectivity index (χ0) is 10.4. The van der Waals surface area contributed by atoms with E-state index in [9.17, 15) is 9.18 Å². The van der Waals surface area contributed by atoms with Gasteiger partial charge in [-0.1, -0.05) is 25.5 Å². The van der Waals surface area contributed by atoms with Crippen LogP contribution in [-0.4, -0.2) is 11.1 Å². The topological polar surface area (TPSA) is 37.3 Å². The van der Waals surface area contributed by atoms with E-state index >= 15 is 0 Å². The van der Waals surface area contributed by atoms with E-state index in [0.29, 0.717) is 0 Å². The molecule has 1 N–H and O–H groups in total. The highest BCUT2D eigenvalue weighted by molar-refractivity contribution is 5.88. The Kier molecular flexibility index (Phi) is 4.74. The predicted molar refractivity (Wildman–Crippen MR) is 49.4 cm³/mol. The number of hydrogen-bond acceptors (Lipinski definition) is 1. The van der Waals surface area contributed by atoms with Gasteiger partial charge in [-0.05, 0) is 19.1 Å². The average molecular weight is 184 g/mol. The van der Waals surface area contributed by atoms with Crippen LogP contribution in [0.2, 0.25) is 0 Å². The molecule has 1 aromatic carbocycles. The van der Waals surface area contributed by atoms with Gasteiger partial charge in [0.05, 0.1) is 5.56 Å². The Bertz CT molecular complexity index is 295. The summed E-state index contributed by atoms with van der Waals surface area (Å²) in [4.78, 5) is 10.3. The molecule has 0 fully saturated rings. The second kappa shape index (κ2) is 5.30. The van der Waals surface area contributed by atoms with Crippen LogP contribution in [0, 0.1) is 12.7 Å². The van der Waals surface area contributed by atoms with Gasteiger partial charge in [0.15, 0.2) is 0 Å². The highest BCUT2D eigenvalue weighted by Gasteiger charge is 2.08. The summed E-state index contributed by atoms with van der Waals surface area (Å²) < 4.78 is 12.6. The third kappa shape index (κ3) is 3.23. The number of hydrogen-bond donors (Lipinski definition) is 1. The molecule has 0 bridgehead atoms. The van der Waals surface area contributed by atoms with Crippen molar-refractivity contribution in [2.75, 3.05) is 0 Å². The van der Waals surface area contributed by atoms with Gasteiger partial charge in [-0.25, -0.2) is 9.18 Å². The van der Waals surface area contributed by atoms with Crippen molar-refractivity contribution in [3.63, 3.8) is 0 Å². The number of carboxylic acids is 1.